The molecule has 0 spiro atoms. The zero-order valence-corrected chi connectivity index (χ0v) is 11.5. The highest BCUT2D eigenvalue weighted by atomic mass is 14.8. The third-order valence-corrected chi connectivity index (χ3v) is 3.12. The highest BCUT2D eigenvalue weighted by Gasteiger charge is 1.94. The number of nitrogens with one attached hydrogen (secondary N) is 1. The molecule has 1 aromatic rings. The van der Waals surface area contributed by atoms with E-state index in [1.54, 1.807) is 0 Å². The SMILES string of the molecule is CCCNCCCCCCc1ccc(C)cc1. The largest absolute Gasteiger partial charge is 0.317 e. The van der Waals surface area contributed by atoms with Crippen molar-refractivity contribution in [2.75, 3.05) is 13.1 Å². The van der Waals surface area contributed by atoms with Gasteiger partial charge in [-0.25, -0.2) is 0 Å². The summed E-state index contributed by atoms with van der Waals surface area (Å²) in [6, 6.07) is 8.95. The maximum absolute atomic E-state index is 3.45. The molecule has 1 N–H and O–H groups in total. The zero-order chi connectivity index (χ0) is 12.3. The quantitative estimate of drug-likeness (QED) is 0.633. The van der Waals surface area contributed by atoms with Gasteiger partial charge >= 0.3 is 0 Å². The van der Waals surface area contributed by atoms with Crippen molar-refractivity contribution >= 4 is 0 Å². The third kappa shape index (κ3) is 7.17. The second-order valence-corrected chi connectivity index (χ2v) is 4.90. The average molecular weight is 233 g/mol. The minimum atomic E-state index is 1.17. The Hall–Kier alpha value is -0.820. The Labute approximate surface area is 107 Å². The molecule has 0 saturated heterocycles. The predicted molar refractivity (Wildman–Crippen MR) is 76.5 cm³/mol. The standard InChI is InChI=1S/C16H27N/c1-3-13-17-14-7-5-4-6-8-16-11-9-15(2)10-12-16/h9-12,17H,3-8,13-14H2,1-2H3. The Morgan fingerprint density at radius 3 is 2.29 bits per heavy atom. The van der Waals surface area contributed by atoms with Crippen molar-refractivity contribution in [3.8, 4) is 0 Å². The van der Waals surface area contributed by atoms with Crippen LogP contribution in [0.4, 0.5) is 0 Å². The molecule has 0 bridgehead atoms. The van der Waals surface area contributed by atoms with Crippen LogP contribution in [0.3, 0.4) is 0 Å². The van der Waals surface area contributed by atoms with Gasteiger partial charge in [-0.3, -0.25) is 0 Å². The monoisotopic (exact) mass is 233 g/mol. The highest BCUT2D eigenvalue weighted by Crippen LogP contribution is 2.09. The maximum atomic E-state index is 3.45. The Morgan fingerprint density at radius 2 is 1.59 bits per heavy atom. The van der Waals surface area contributed by atoms with E-state index in [9.17, 15) is 0 Å². The molecule has 1 aromatic carbocycles. The number of unbranched alkanes of at least 4 members (excludes halogenated alkanes) is 3. The van der Waals surface area contributed by atoms with E-state index in [0.717, 1.165) is 0 Å². The van der Waals surface area contributed by atoms with Gasteiger partial charge in [0.1, 0.15) is 0 Å². The van der Waals surface area contributed by atoms with E-state index in [4.69, 9.17) is 0 Å². The van der Waals surface area contributed by atoms with Crippen molar-refractivity contribution in [3.05, 3.63) is 35.4 Å². The van der Waals surface area contributed by atoms with Crippen molar-refractivity contribution in [3.63, 3.8) is 0 Å². The Bertz CT molecular complexity index is 276. The van der Waals surface area contributed by atoms with Crippen LogP contribution in [0.5, 0.6) is 0 Å². The highest BCUT2D eigenvalue weighted by molar-refractivity contribution is 5.21. The average Bonchev–Trinajstić information content (AvgIpc) is 2.35. The summed E-state index contributed by atoms with van der Waals surface area (Å²) in [6.07, 6.45) is 7.87. The van der Waals surface area contributed by atoms with Crippen molar-refractivity contribution in [2.24, 2.45) is 0 Å². The molecule has 0 aliphatic carbocycles. The molecule has 17 heavy (non-hydrogen) atoms. The topological polar surface area (TPSA) is 12.0 Å². The smallest absolute Gasteiger partial charge is 0.00489 e. The molecule has 0 aliphatic rings. The molecule has 0 aromatic heterocycles. The van der Waals surface area contributed by atoms with Gasteiger partial charge in [-0.05, 0) is 51.3 Å². The van der Waals surface area contributed by atoms with Crippen molar-refractivity contribution in [1.82, 2.24) is 5.32 Å². The summed E-state index contributed by atoms with van der Waals surface area (Å²) in [6.45, 7) is 6.73. The minimum absolute atomic E-state index is 1.17. The van der Waals surface area contributed by atoms with E-state index in [2.05, 4.69) is 43.4 Å². The van der Waals surface area contributed by atoms with Crippen molar-refractivity contribution in [2.45, 2.75) is 52.4 Å². The number of aryl methyl sites for hydroxylation is 2. The molecule has 0 fully saturated rings. The van der Waals surface area contributed by atoms with Gasteiger partial charge in [-0.15, -0.1) is 0 Å². The number of hydrogen-bond donors (Lipinski definition) is 1. The van der Waals surface area contributed by atoms with E-state index >= 15 is 0 Å². The molecule has 1 heteroatoms. The van der Waals surface area contributed by atoms with Gasteiger partial charge in [0.2, 0.25) is 0 Å². The fourth-order valence-corrected chi connectivity index (χ4v) is 1.99. The van der Waals surface area contributed by atoms with Crippen LogP contribution in [0, 0.1) is 6.92 Å². The van der Waals surface area contributed by atoms with E-state index < -0.39 is 0 Å². The first-order valence-electron chi connectivity index (χ1n) is 7.09. The van der Waals surface area contributed by atoms with Gasteiger partial charge < -0.3 is 5.32 Å². The summed E-state index contributed by atoms with van der Waals surface area (Å²) in [5.74, 6) is 0. The molecule has 0 radical (unpaired) electrons. The summed E-state index contributed by atoms with van der Waals surface area (Å²) in [5.41, 5.74) is 2.84. The Balaban J connectivity index is 1.95. The maximum Gasteiger partial charge on any atom is -0.00489 e. The summed E-state index contributed by atoms with van der Waals surface area (Å²) in [4.78, 5) is 0. The van der Waals surface area contributed by atoms with Crippen LogP contribution in [0.15, 0.2) is 24.3 Å². The van der Waals surface area contributed by atoms with Gasteiger partial charge in [0.15, 0.2) is 0 Å². The first-order valence-corrected chi connectivity index (χ1v) is 7.09. The lowest BCUT2D eigenvalue weighted by atomic mass is 10.0. The third-order valence-electron chi connectivity index (χ3n) is 3.12. The number of hydrogen-bond acceptors (Lipinski definition) is 1. The summed E-state index contributed by atoms with van der Waals surface area (Å²) in [7, 11) is 0. The van der Waals surface area contributed by atoms with Gasteiger partial charge in [0.25, 0.3) is 0 Å². The minimum Gasteiger partial charge on any atom is -0.317 e. The van der Waals surface area contributed by atoms with Crippen LogP contribution in [0.1, 0.15) is 50.2 Å². The van der Waals surface area contributed by atoms with Crippen molar-refractivity contribution in [1.29, 1.82) is 0 Å². The van der Waals surface area contributed by atoms with E-state index in [1.807, 2.05) is 0 Å². The molecule has 1 nitrogen and oxygen atoms in total. The molecule has 0 amide bonds. The van der Waals surface area contributed by atoms with E-state index in [0.29, 0.717) is 0 Å². The second kappa shape index (κ2) is 9.23. The molecular weight excluding hydrogens is 206 g/mol. The summed E-state index contributed by atoms with van der Waals surface area (Å²) in [5, 5.41) is 3.45. The molecule has 96 valence electrons. The van der Waals surface area contributed by atoms with Gasteiger partial charge in [-0.1, -0.05) is 49.6 Å². The van der Waals surface area contributed by atoms with Crippen LogP contribution in [0.25, 0.3) is 0 Å². The number of rotatable bonds is 9. The van der Waals surface area contributed by atoms with Crippen molar-refractivity contribution < 1.29 is 0 Å². The summed E-state index contributed by atoms with van der Waals surface area (Å²) >= 11 is 0. The Kier molecular flexibility index (Phi) is 7.74. The van der Waals surface area contributed by atoms with Crippen LogP contribution in [0.2, 0.25) is 0 Å². The lowest BCUT2D eigenvalue weighted by molar-refractivity contribution is 0.585. The first-order chi connectivity index (χ1) is 8.33. The molecule has 0 aliphatic heterocycles. The van der Waals surface area contributed by atoms with Gasteiger partial charge in [0, 0.05) is 0 Å². The molecule has 0 heterocycles. The van der Waals surface area contributed by atoms with Crippen LogP contribution < -0.4 is 5.32 Å². The fourth-order valence-electron chi connectivity index (χ4n) is 1.99. The normalized spacial score (nSPS) is 10.7. The second-order valence-electron chi connectivity index (χ2n) is 4.90. The Morgan fingerprint density at radius 1 is 0.882 bits per heavy atom. The predicted octanol–water partition coefficient (Wildman–Crippen LogP) is 4.10. The fraction of sp³-hybridized carbons (Fsp3) is 0.625. The summed E-state index contributed by atoms with van der Waals surface area (Å²) < 4.78 is 0. The number of benzene rings is 1. The first kappa shape index (κ1) is 14.2. The van der Waals surface area contributed by atoms with Crippen LogP contribution >= 0.6 is 0 Å². The lowest BCUT2D eigenvalue weighted by Gasteiger charge is -2.04. The molecule has 0 unspecified atom stereocenters. The van der Waals surface area contributed by atoms with E-state index in [1.165, 1.54) is 62.7 Å². The van der Waals surface area contributed by atoms with E-state index in [-0.39, 0.29) is 0 Å². The van der Waals surface area contributed by atoms with Gasteiger partial charge in [0.05, 0.1) is 0 Å². The molecular formula is C16H27N. The van der Waals surface area contributed by atoms with Crippen LogP contribution in [-0.4, -0.2) is 13.1 Å². The lowest BCUT2D eigenvalue weighted by Crippen LogP contribution is -2.15. The molecule has 0 saturated carbocycles. The van der Waals surface area contributed by atoms with Crippen LogP contribution in [-0.2, 0) is 6.42 Å². The molecule has 0 atom stereocenters. The zero-order valence-electron chi connectivity index (χ0n) is 11.5. The molecule has 1 rings (SSSR count). The van der Waals surface area contributed by atoms with Gasteiger partial charge in [-0.2, -0.15) is 0 Å².